The van der Waals surface area contributed by atoms with Crippen molar-refractivity contribution in [2.24, 2.45) is 0 Å². The van der Waals surface area contributed by atoms with E-state index in [-0.39, 0.29) is 0 Å². The molecule has 17 heavy (non-hydrogen) atoms. The third kappa shape index (κ3) is 4.55. The molecule has 0 fully saturated rings. The van der Waals surface area contributed by atoms with E-state index in [0.29, 0.717) is 5.71 Å². The quantitative estimate of drug-likeness (QED) is 0.529. The second kappa shape index (κ2) is 7.82. The Labute approximate surface area is 104 Å². The second-order valence-corrected chi connectivity index (χ2v) is 4.26. The van der Waals surface area contributed by atoms with E-state index in [1.807, 2.05) is 12.1 Å². The number of nitrogens with zero attached hydrogens (tertiary/aromatic N) is 1. The van der Waals surface area contributed by atoms with E-state index >= 15 is 0 Å². The minimum atomic E-state index is 0.679. The van der Waals surface area contributed by atoms with Gasteiger partial charge in [-0.05, 0) is 25.0 Å². The van der Waals surface area contributed by atoms with Crippen molar-refractivity contribution >= 4 is 11.5 Å². The number of aromatic nitrogens is 1. The summed E-state index contributed by atoms with van der Waals surface area (Å²) in [5.41, 5.74) is 1.63. The number of anilines is 1. The molecule has 0 spiro atoms. The van der Waals surface area contributed by atoms with E-state index in [2.05, 4.69) is 24.1 Å². The highest BCUT2D eigenvalue weighted by Gasteiger charge is 2.07. The maximum atomic E-state index is 8.01. The van der Waals surface area contributed by atoms with E-state index in [9.17, 15) is 0 Å². The first-order chi connectivity index (χ1) is 8.29. The lowest BCUT2D eigenvalue weighted by molar-refractivity contribution is 0.742. The minimum Gasteiger partial charge on any atom is -0.370 e. The van der Waals surface area contributed by atoms with Crippen molar-refractivity contribution in [3.8, 4) is 0 Å². The third-order valence-electron chi connectivity index (χ3n) is 2.71. The minimum absolute atomic E-state index is 0.679. The summed E-state index contributed by atoms with van der Waals surface area (Å²) in [4.78, 5) is 4.33. The topological polar surface area (TPSA) is 48.8 Å². The number of hydrogen-bond acceptors (Lipinski definition) is 3. The summed E-state index contributed by atoms with van der Waals surface area (Å²) >= 11 is 0. The molecule has 0 amide bonds. The highest BCUT2D eigenvalue weighted by molar-refractivity contribution is 6.02. The fourth-order valence-electron chi connectivity index (χ4n) is 1.76. The van der Waals surface area contributed by atoms with Crippen LogP contribution in [0.3, 0.4) is 0 Å². The lowest BCUT2D eigenvalue weighted by Gasteiger charge is -2.11. The molecule has 0 saturated carbocycles. The van der Waals surface area contributed by atoms with Crippen molar-refractivity contribution in [2.45, 2.75) is 46.0 Å². The average Bonchev–Trinajstić information content (AvgIpc) is 2.35. The predicted molar refractivity (Wildman–Crippen MR) is 74.0 cm³/mol. The Bertz CT molecular complexity index is 347. The van der Waals surface area contributed by atoms with Gasteiger partial charge in [0.15, 0.2) is 0 Å². The molecule has 0 saturated heterocycles. The molecule has 0 unspecified atom stereocenters. The van der Waals surface area contributed by atoms with Gasteiger partial charge in [0.25, 0.3) is 0 Å². The van der Waals surface area contributed by atoms with E-state index in [1.165, 1.54) is 12.8 Å². The zero-order valence-electron chi connectivity index (χ0n) is 10.9. The summed E-state index contributed by atoms with van der Waals surface area (Å²) in [6.45, 7) is 5.24. The molecule has 1 heterocycles. The van der Waals surface area contributed by atoms with Gasteiger partial charge in [-0.15, -0.1) is 0 Å². The van der Waals surface area contributed by atoms with Crippen LogP contribution in [0.15, 0.2) is 18.3 Å². The Morgan fingerprint density at radius 3 is 2.82 bits per heavy atom. The van der Waals surface area contributed by atoms with Crippen LogP contribution in [0.4, 0.5) is 5.82 Å². The van der Waals surface area contributed by atoms with Crippen LogP contribution in [-0.2, 0) is 0 Å². The normalized spacial score (nSPS) is 10.2. The van der Waals surface area contributed by atoms with Gasteiger partial charge in [0.1, 0.15) is 5.82 Å². The van der Waals surface area contributed by atoms with Crippen LogP contribution in [-0.4, -0.2) is 17.2 Å². The summed E-state index contributed by atoms with van der Waals surface area (Å²) < 4.78 is 0. The Kier molecular flexibility index (Phi) is 6.30. The summed E-state index contributed by atoms with van der Waals surface area (Å²) in [6.07, 6.45) is 7.22. The molecule has 94 valence electrons. The highest BCUT2D eigenvalue weighted by Crippen LogP contribution is 2.14. The fraction of sp³-hybridized carbons (Fsp3) is 0.571. The lowest BCUT2D eigenvalue weighted by atomic mass is 10.1. The van der Waals surface area contributed by atoms with Crippen molar-refractivity contribution in [3.05, 3.63) is 23.9 Å². The van der Waals surface area contributed by atoms with Crippen molar-refractivity contribution in [3.63, 3.8) is 0 Å². The van der Waals surface area contributed by atoms with Crippen LogP contribution >= 0.6 is 0 Å². The van der Waals surface area contributed by atoms with Crippen molar-refractivity contribution in [1.29, 1.82) is 5.41 Å². The van der Waals surface area contributed by atoms with Crippen LogP contribution < -0.4 is 5.32 Å². The molecule has 3 nitrogen and oxygen atoms in total. The highest BCUT2D eigenvalue weighted by atomic mass is 15.0. The number of unbranched alkanes of at least 4 members (excludes halogenated alkanes) is 2. The molecule has 0 aliphatic heterocycles. The van der Waals surface area contributed by atoms with E-state index in [4.69, 9.17) is 5.41 Å². The SMILES string of the molecule is CCCCCNc1ncccc1C(=N)CCC. The molecular weight excluding hydrogens is 210 g/mol. The van der Waals surface area contributed by atoms with Gasteiger partial charge in [-0.1, -0.05) is 33.1 Å². The number of nitrogens with one attached hydrogen (secondary N) is 2. The monoisotopic (exact) mass is 233 g/mol. The van der Waals surface area contributed by atoms with Gasteiger partial charge in [0.05, 0.1) is 0 Å². The zero-order chi connectivity index (χ0) is 12.5. The summed E-state index contributed by atoms with van der Waals surface area (Å²) in [5, 5.41) is 11.3. The molecule has 3 heteroatoms. The first kappa shape index (κ1) is 13.7. The van der Waals surface area contributed by atoms with Gasteiger partial charge in [0, 0.05) is 24.0 Å². The third-order valence-corrected chi connectivity index (χ3v) is 2.71. The zero-order valence-corrected chi connectivity index (χ0v) is 10.9. The Morgan fingerprint density at radius 1 is 1.29 bits per heavy atom. The van der Waals surface area contributed by atoms with Crippen molar-refractivity contribution in [1.82, 2.24) is 4.98 Å². The molecule has 2 N–H and O–H groups in total. The van der Waals surface area contributed by atoms with Gasteiger partial charge in [-0.2, -0.15) is 0 Å². The van der Waals surface area contributed by atoms with Gasteiger partial charge >= 0.3 is 0 Å². The Morgan fingerprint density at radius 2 is 2.12 bits per heavy atom. The molecule has 0 radical (unpaired) electrons. The molecule has 0 bridgehead atoms. The molecule has 1 aromatic rings. The molecular formula is C14H23N3. The van der Waals surface area contributed by atoms with Crippen molar-refractivity contribution < 1.29 is 0 Å². The molecule has 0 aliphatic rings. The van der Waals surface area contributed by atoms with Gasteiger partial charge in [-0.25, -0.2) is 4.98 Å². The van der Waals surface area contributed by atoms with Crippen LogP contribution in [0.1, 0.15) is 51.5 Å². The molecule has 1 rings (SSSR count). The second-order valence-electron chi connectivity index (χ2n) is 4.26. The number of pyridine rings is 1. The van der Waals surface area contributed by atoms with Gasteiger partial charge in [0.2, 0.25) is 0 Å². The van der Waals surface area contributed by atoms with Gasteiger partial charge in [-0.3, -0.25) is 0 Å². The predicted octanol–water partition coefficient (Wildman–Crippen LogP) is 3.85. The van der Waals surface area contributed by atoms with E-state index in [1.54, 1.807) is 6.20 Å². The molecule has 0 aromatic carbocycles. The first-order valence-electron chi connectivity index (χ1n) is 6.56. The largest absolute Gasteiger partial charge is 0.370 e. The van der Waals surface area contributed by atoms with Crippen LogP contribution in [0, 0.1) is 5.41 Å². The van der Waals surface area contributed by atoms with E-state index < -0.39 is 0 Å². The number of rotatable bonds is 8. The van der Waals surface area contributed by atoms with Gasteiger partial charge < -0.3 is 10.7 Å². The lowest BCUT2D eigenvalue weighted by Crippen LogP contribution is -2.09. The van der Waals surface area contributed by atoms with E-state index in [0.717, 1.165) is 37.2 Å². The van der Waals surface area contributed by atoms with Crippen LogP contribution in [0.25, 0.3) is 0 Å². The Hall–Kier alpha value is -1.38. The summed E-state index contributed by atoms with van der Waals surface area (Å²) in [5.74, 6) is 0.863. The maximum Gasteiger partial charge on any atom is 0.135 e. The summed E-state index contributed by atoms with van der Waals surface area (Å²) in [7, 11) is 0. The molecule has 0 atom stereocenters. The molecule has 1 aromatic heterocycles. The standard InChI is InChI=1S/C14H23N3/c1-3-5-6-10-16-14-12(9-7-11-17-14)13(15)8-4-2/h7,9,11,15H,3-6,8,10H2,1-2H3,(H,16,17). The fourth-order valence-corrected chi connectivity index (χ4v) is 1.76. The number of hydrogen-bond donors (Lipinski definition) is 2. The van der Waals surface area contributed by atoms with Crippen LogP contribution in [0.2, 0.25) is 0 Å². The maximum absolute atomic E-state index is 8.01. The smallest absolute Gasteiger partial charge is 0.135 e. The Balaban J connectivity index is 2.61. The summed E-state index contributed by atoms with van der Waals surface area (Å²) in [6, 6.07) is 3.88. The first-order valence-corrected chi connectivity index (χ1v) is 6.56. The van der Waals surface area contributed by atoms with Crippen LogP contribution in [0.5, 0.6) is 0 Å². The average molecular weight is 233 g/mol. The molecule has 0 aliphatic carbocycles. The van der Waals surface area contributed by atoms with Crippen molar-refractivity contribution in [2.75, 3.05) is 11.9 Å².